The van der Waals surface area contributed by atoms with Crippen molar-refractivity contribution in [1.82, 2.24) is 14.6 Å². The minimum Gasteiger partial charge on any atom is -0.285 e. The monoisotopic (exact) mass is 446 g/mol. The summed E-state index contributed by atoms with van der Waals surface area (Å²) in [7, 11) is -4.32. The number of pyridine rings is 1. The van der Waals surface area contributed by atoms with Crippen LogP contribution in [0.15, 0.2) is 65.7 Å². The summed E-state index contributed by atoms with van der Waals surface area (Å²) in [5.41, 5.74) is 0.322. The number of fused-ring (bicyclic) bond motifs is 1. The molecule has 10 heteroatoms. The zero-order chi connectivity index (χ0) is 22.2. The van der Waals surface area contributed by atoms with E-state index in [0.717, 1.165) is 22.5 Å². The standard InChI is InChI=1S/C21H17F3N4O2S/c1-2-20-25-26-21-19(7-4-10-27(20)21)31(29,30)28(13-14-5-3-6-15(22)11-14)16-8-9-17(23)18(24)12-16/h3-12H,2,13H2,1H3. The van der Waals surface area contributed by atoms with Crippen molar-refractivity contribution in [2.45, 2.75) is 24.8 Å². The van der Waals surface area contributed by atoms with Gasteiger partial charge >= 0.3 is 0 Å². The average molecular weight is 446 g/mol. The maximum absolute atomic E-state index is 14.0. The first kappa shape index (κ1) is 20.9. The molecule has 0 spiro atoms. The first-order valence-corrected chi connectivity index (χ1v) is 10.8. The van der Waals surface area contributed by atoms with E-state index in [0.29, 0.717) is 17.8 Å². The Hall–Kier alpha value is -3.40. The molecule has 0 amide bonds. The molecule has 0 radical (unpaired) electrons. The van der Waals surface area contributed by atoms with Gasteiger partial charge in [-0.1, -0.05) is 19.1 Å². The predicted octanol–water partition coefficient (Wildman–Crippen LogP) is 4.10. The molecule has 31 heavy (non-hydrogen) atoms. The van der Waals surface area contributed by atoms with Crippen LogP contribution < -0.4 is 4.31 Å². The van der Waals surface area contributed by atoms with Gasteiger partial charge in [0.15, 0.2) is 17.3 Å². The maximum Gasteiger partial charge on any atom is 0.268 e. The van der Waals surface area contributed by atoms with Crippen LogP contribution in [0.1, 0.15) is 18.3 Å². The number of halogens is 3. The molecule has 6 nitrogen and oxygen atoms in total. The van der Waals surface area contributed by atoms with E-state index >= 15 is 0 Å². The fourth-order valence-corrected chi connectivity index (χ4v) is 4.82. The number of aryl methyl sites for hydroxylation is 1. The fraction of sp³-hybridized carbons (Fsp3) is 0.143. The topological polar surface area (TPSA) is 67.6 Å². The lowest BCUT2D eigenvalue weighted by Crippen LogP contribution is -2.31. The third-order valence-electron chi connectivity index (χ3n) is 4.76. The van der Waals surface area contributed by atoms with Crippen molar-refractivity contribution in [2.24, 2.45) is 0 Å². The van der Waals surface area contributed by atoms with E-state index in [9.17, 15) is 21.6 Å². The van der Waals surface area contributed by atoms with Gasteiger partial charge in [0.2, 0.25) is 0 Å². The summed E-state index contributed by atoms with van der Waals surface area (Å²) in [4.78, 5) is -0.164. The van der Waals surface area contributed by atoms with E-state index in [1.807, 2.05) is 6.92 Å². The maximum atomic E-state index is 14.0. The Morgan fingerprint density at radius 1 is 0.968 bits per heavy atom. The largest absolute Gasteiger partial charge is 0.285 e. The first-order valence-electron chi connectivity index (χ1n) is 9.36. The lowest BCUT2D eigenvalue weighted by atomic mass is 10.2. The van der Waals surface area contributed by atoms with Gasteiger partial charge < -0.3 is 0 Å². The zero-order valence-corrected chi connectivity index (χ0v) is 17.2. The van der Waals surface area contributed by atoms with Crippen LogP contribution in [0.3, 0.4) is 0 Å². The minimum atomic E-state index is -4.32. The molecule has 2 aromatic heterocycles. The molecule has 160 valence electrons. The Morgan fingerprint density at radius 3 is 2.48 bits per heavy atom. The number of anilines is 1. The van der Waals surface area contributed by atoms with Gasteiger partial charge in [0.1, 0.15) is 16.5 Å². The van der Waals surface area contributed by atoms with Crippen molar-refractivity contribution in [2.75, 3.05) is 4.31 Å². The Morgan fingerprint density at radius 2 is 1.77 bits per heavy atom. The highest BCUT2D eigenvalue weighted by atomic mass is 32.2. The Bertz CT molecular complexity index is 1370. The smallest absolute Gasteiger partial charge is 0.268 e. The number of aromatic nitrogens is 3. The lowest BCUT2D eigenvalue weighted by molar-refractivity contribution is 0.508. The van der Waals surface area contributed by atoms with E-state index < -0.39 is 27.5 Å². The molecule has 0 N–H and O–H groups in total. The molecule has 0 saturated carbocycles. The van der Waals surface area contributed by atoms with Gasteiger partial charge in [-0.25, -0.2) is 21.6 Å². The molecule has 0 aliphatic carbocycles. The van der Waals surface area contributed by atoms with E-state index in [-0.39, 0.29) is 22.8 Å². The van der Waals surface area contributed by atoms with Crippen LogP contribution in [-0.2, 0) is 23.0 Å². The summed E-state index contributed by atoms with van der Waals surface area (Å²) in [5.74, 6) is -2.30. The molecule has 0 bridgehead atoms. The van der Waals surface area contributed by atoms with Crippen LogP contribution in [0.2, 0.25) is 0 Å². The molecule has 0 fully saturated rings. The molecular weight excluding hydrogens is 429 g/mol. The van der Waals surface area contributed by atoms with Crippen molar-refractivity contribution < 1.29 is 21.6 Å². The molecule has 4 rings (SSSR count). The van der Waals surface area contributed by atoms with Gasteiger partial charge in [-0.15, -0.1) is 10.2 Å². The third kappa shape index (κ3) is 3.86. The van der Waals surface area contributed by atoms with E-state index in [2.05, 4.69) is 10.2 Å². The van der Waals surface area contributed by atoms with Crippen LogP contribution in [0.5, 0.6) is 0 Å². The number of rotatable bonds is 6. The summed E-state index contributed by atoms with van der Waals surface area (Å²) >= 11 is 0. The molecule has 2 heterocycles. The average Bonchev–Trinajstić information content (AvgIpc) is 3.17. The highest BCUT2D eigenvalue weighted by Gasteiger charge is 2.29. The first-order chi connectivity index (χ1) is 14.8. The quantitative estimate of drug-likeness (QED) is 0.447. The summed E-state index contributed by atoms with van der Waals surface area (Å²) < 4.78 is 70.9. The number of benzene rings is 2. The second-order valence-electron chi connectivity index (χ2n) is 6.78. The van der Waals surface area contributed by atoms with Gasteiger partial charge in [-0.3, -0.25) is 8.71 Å². The van der Waals surface area contributed by atoms with E-state index in [1.54, 1.807) is 16.7 Å². The Labute approximate surface area is 176 Å². The molecular formula is C21H17F3N4O2S. The minimum absolute atomic E-state index is 0.103. The summed E-state index contributed by atoms with van der Waals surface area (Å²) in [6, 6.07) is 11.0. The predicted molar refractivity (Wildman–Crippen MR) is 108 cm³/mol. The van der Waals surface area contributed by atoms with Gasteiger partial charge in [-0.2, -0.15) is 0 Å². The second-order valence-corrected chi connectivity index (χ2v) is 8.61. The second kappa shape index (κ2) is 8.03. The van der Waals surface area contributed by atoms with Crippen molar-refractivity contribution in [3.8, 4) is 0 Å². The van der Waals surface area contributed by atoms with Crippen molar-refractivity contribution >= 4 is 21.4 Å². The lowest BCUT2D eigenvalue weighted by Gasteiger charge is -2.25. The number of sulfonamides is 1. The van der Waals surface area contributed by atoms with Gasteiger partial charge in [0.25, 0.3) is 10.0 Å². The molecule has 0 aliphatic rings. The van der Waals surface area contributed by atoms with E-state index in [4.69, 9.17) is 0 Å². The fourth-order valence-electron chi connectivity index (χ4n) is 3.26. The highest BCUT2D eigenvalue weighted by molar-refractivity contribution is 7.93. The number of hydrogen-bond acceptors (Lipinski definition) is 4. The Balaban J connectivity index is 1.89. The molecule has 2 aromatic carbocycles. The molecule has 0 atom stereocenters. The number of nitrogens with zero attached hydrogens (tertiary/aromatic N) is 4. The van der Waals surface area contributed by atoms with Gasteiger partial charge in [0.05, 0.1) is 12.2 Å². The summed E-state index contributed by atoms with van der Waals surface area (Å²) in [5, 5.41) is 8.01. The van der Waals surface area contributed by atoms with Crippen LogP contribution in [0, 0.1) is 17.5 Å². The van der Waals surface area contributed by atoms with Crippen molar-refractivity contribution in [1.29, 1.82) is 0 Å². The molecule has 0 unspecified atom stereocenters. The normalized spacial score (nSPS) is 11.7. The number of hydrogen-bond donors (Lipinski definition) is 0. The van der Waals surface area contributed by atoms with E-state index in [1.165, 1.54) is 30.3 Å². The summed E-state index contributed by atoms with van der Waals surface area (Å²) in [6.07, 6.45) is 2.17. The van der Waals surface area contributed by atoms with Crippen LogP contribution >= 0.6 is 0 Å². The highest BCUT2D eigenvalue weighted by Crippen LogP contribution is 2.29. The zero-order valence-electron chi connectivity index (χ0n) is 16.3. The molecule has 0 aliphatic heterocycles. The van der Waals surface area contributed by atoms with Gasteiger partial charge in [0, 0.05) is 18.7 Å². The Kier molecular flexibility index (Phi) is 5.40. The summed E-state index contributed by atoms with van der Waals surface area (Å²) in [6.45, 7) is 1.55. The van der Waals surface area contributed by atoms with Crippen molar-refractivity contribution in [3.63, 3.8) is 0 Å². The molecule has 4 aromatic rings. The van der Waals surface area contributed by atoms with Crippen LogP contribution in [-0.4, -0.2) is 23.0 Å². The third-order valence-corrected chi connectivity index (χ3v) is 6.55. The molecule has 0 saturated heterocycles. The van der Waals surface area contributed by atoms with Crippen molar-refractivity contribution in [3.05, 3.63) is 89.6 Å². The van der Waals surface area contributed by atoms with Crippen LogP contribution in [0.4, 0.5) is 18.9 Å². The van der Waals surface area contributed by atoms with Gasteiger partial charge in [-0.05, 0) is 42.0 Å². The SMILES string of the molecule is CCc1nnc2c(S(=O)(=O)N(Cc3cccc(F)c3)c3ccc(F)c(F)c3)cccn12. The van der Waals surface area contributed by atoms with Crippen LogP contribution in [0.25, 0.3) is 5.65 Å².